The van der Waals surface area contributed by atoms with E-state index in [0.717, 1.165) is 25.7 Å². The lowest BCUT2D eigenvalue weighted by atomic mass is 9.94. The molecule has 0 heterocycles. The molecular weight excluding hydrogens is 222 g/mol. The van der Waals surface area contributed by atoms with Crippen LogP contribution in [-0.2, 0) is 19.1 Å². The van der Waals surface area contributed by atoms with Gasteiger partial charge in [0.1, 0.15) is 11.7 Å². The third-order valence-corrected chi connectivity index (χ3v) is 2.56. The summed E-state index contributed by atoms with van der Waals surface area (Å²) in [6.07, 6.45) is 2.89. The molecule has 0 radical (unpaired) electrons. The molecule has 0 amide bonds. The number of rotatable bonds is 1. The zero-order valence-corrected chi connectivity index (χ0v) is 10.7. The van der Waals surface area contributed by atoms with Crippen molar-refractivity contribution in [3.05, 3.63) is 0 Å². The van der Waals surface area contributed by atoms with Crippen LogP contribution in [0.3, 0.4) is 0 Å². The van der Waals surface area contributed by atoms with Crippen LogP contribution in [-0.4, -0.2) is 29.7 Å². The predicted octanol–water partition coefficient (Wildman–Crippen LogP) is 1.14. The average molecular weight is 243 g/mol. The Morgan fingerprint density at radius 3 is 2.06 bits per heavy atom. The van der Waals surface area contributed by atoms with Gasteiger partial charge in [0.2, 0.25) is 0 Å². The van der Waals surface area contributed by atoms with Crippen molar-refractivity contribution in [2.45, 2.75) is 64.2 Å². The molecule has 17 heavy (non-hydrogen) atoms. The maximum atomic E-state index is 11.4. The Morgan fingerprint density at radius 2 is 1.59 bits per heavy atom. The minimum absolute atomic E-state index is 0.187. The lowest BCUT2D eigenvalue weighted by Gasteiger charge is -2.26. The second-order valence-electron chi connectivity index (χ2n) is 5.44. The Hall–Kier alpha value is -1.10. The van der Waals surface area contributed by atoms with E-state index in [9.17, 15) is 9.59 Å². The molecule has 0 spiro atoms. The van der Waals surface area contributed by atoms with Crippen LogP contribution in [0.25, 0.3) is 0 Å². The normalized spacial score (nSPS) is 25.2. The third kappa shape index (κ3) is 5.17. The summed E-state index contributed by atoms with van der Waals surface area (Å²) in [6.45, 7) is 5.12. The van der Waals surface area contributed by atoms with Crippen LogP contribution in [0.2, 0.25) is 0 Å². The molecule has 0 atom stereocenters. The molecule has 1 aliphatic carbocycles. The molecular formula is C12H21NO4. The van der Waals surface area contributed by atoms with Gasteiger partial charge in [0.15, 0.2) is 0 Å². The Bertz CT molecular complexity index is 287. The summed E-state index contributed by atoms with van der Waals surface area (Å²) in [5, 5.41) is 0. The minimum Gasteiger partial charge on any atom is -0.454 e. The fraction of sp³-hybridized carbons (Fsp3) is 0.833. The van der Waals surface area contributed by atoms with Crippen LogP contribution in [0, 0.1) is 0 Å². The quantitative estimate of drug-likeness (QED) is 0.552. The van der Waals surface area contributed by atoms with Crippen LogP contribution >= 0.6 is 0 Å². The molecule has 98 valence electrons. The molecule has 0 bridgehead atoms. The van der Waals surface area contributed by atoms with Crippen molar-refractivity contribution in [3.63, 3.8) is 0 Å². The number of carbonyl (C=O) groups is 2. The lowest BCUT2D eigenvalue weighted by Crippen LogP contribution is -2.35. The maximum absolute atomic E-state index is 11.4. The van der Waals surface area contributed by atoms with Gasteiger partial charge in [-0.25, -0.2) is 9.59 Å². The van der Waals surface area contributed by atoms with Gasteiger partial charge in [-0.05, 0) is 46.5 Å². The lowest BCUT2D eigenvalue weighted by molar-refractivity contribution is -0.178. The summed E-state index contributed by atoms with van der Waals surface area (Å²) < 4.78 is 10.0. The molecule has 1 fully saturated rings. The molecule has 1 aliphatic rings. The zero-order chi connectivity index (χ0) is 13.1. The molecule has 0 saturated heterocycles. The van der Waals surface area contributed by atoms with Crippen molar-refractivity contribution < 1.29 is 19.1 Å². The number of nitrogens with two attached hydrogens (primary N) is 1. The highest BCUT2D eigenvalue weighted by molar-refractivity contribution is 6.29. The van der Waals surface area contributed by atoms with Gasteiger partial charge in [-0.3, -0.25) is 0 Å². The van der Waals surface area contributed by atoms with Gasteiger partial charge in [0.05, 0.1) is 0 Å². The number of esters is 2. The van der Waals surface area contributed by atoms with Gasteiger partial charge in [-0.2, -0.15) is 0 Å². The second-order valence-corrected chi connectivity index (χ2v) is 5.44. The van der Waals surface area contributed by atoms with Gasteiger partial charge in [-0.15, -0.1) is 0 Å². The van der Waals surface area contributed by atoms with E-state index in [4.69, 9.17) is 15.2 Å². The monoisotopic (exact) mass is 243 g/mol. The summed E-state index contributed by atoms with van der Waals surface area (Å²) in [6, 6.07) is 0.187. The number of carbonyl (C=O) groups excluding carboxylic acids is 2. The topological polar surface area (TPSA) is 78.6 Å². The molecule has 0 unspecified atom stereocenters. The molecule has 0 aromatic heterocycles. The van der Waals surface area contributed by atoms with E-state index in [2.05, 4.69) is 0 Å². The SMILES string of the molecule is CC(C)(C)OC(=O)C(=O)OC1CCC(N)CC1. The molecule has 0 aromatic carbocycles. The van der Waals surface area contributed by atoms with Gasteiger partial charge < -0.3 is 15.2 Å². The fourth-order valence-corrected chi connectivity index (χ4v) is 1.73. The summed E-state index contributed by atoms with van der Waals surface area (Å²) in [4.78, 5) is 22.8. The average Bonchev–Trinajstić information content (AvgIpc) is 2.19. The molecule has 1 rings (SSSR count). The maximum Gasteiger partial charge on any atom is 0.418 e. The van der Waals surface area contributed by atoms with Crippen LogP contribution in [0.1, 0.15) is 46.5 Å². The third-order valence-electron chi connectivity index (χ3n) is 2.56. The van der Waals surface area contributed by atoms with Gasteiger partial charge in [-0.1, -0.05) is 0 Å². The smallest absolute Gasteiger partial charge is 0.418 e. The first kappa shape index (κ1) is 14.0. The summed E-state index contributed by atoms with van der Waals surface area (Å²) in [7, 11) is 0. The number of ether oxygens (including phenoxy) is 2. The first-order valence-electron chi connectivity index (χ1n) is 5.97. The number of hydrogen-bond acceptors (Lipinski definition) is 5. The molecule has 2 N–H and O–H groups in total. The molecule has 5 nitrogen and oxygen atoms in total. The minimum atomic E-state index is -0.924. The molecule has 5 heteroatoms. The second kappa shape index (κ2) is 5.49. The fourth-order valence-electron chi connectivity index (χ4n) is 1.73. The van der Waals surface area contributed by atoms with E-state index in [-0.39, 0.29) is 12.1 Å². The first-order valence-corrected chi connectivity index (χ1v) is 5.97. The van der Waals surface area contributed by atoms with E-state index < -0.39 is 17.5 Å². The summed E-state index contributed by atoms with van der Waals surface area (Å²) >= 11 is 0. The standard InChI is InChI=1S/C12H21NO4/c1-12(2,3)17-11(15)10(14)16-9-6-4-8(13)5-7-9/h8-9H,4-7,13H2,1-3H3. The summed E-state index contributed by atoms with van der Waals surface area (Å²) in [5.74, 6) is -1.83. The highest BCUT2D eigenvalue weighted by Crippen LogP contribution is 2.20. The highest BCUT2D eigenvalue weighted by atomic mass is 16.6. The van der Waals surface area contributed by atoms with E-state index in [1.54, 1.807) is 20.8 Å². The largest absolute Gasteiger partial charge is 0.454 e. The molecule has 0 aliphatic heterocycles. The first-order chi connectivity index (χ1) is 7.78. The van der Waals surface area contributed by atoms with Crippen LogP contribution in [0.15, 0.2) is 0 Å². The van der Waals surface area contributed by atoms with E-state index in [1.165, 1.54) is 0 Å². The predicted molar refractivity (Wildman–Crippen MR) is 62.2 cm³/mol. The van der Waals surface area contributed by atoms with Crippen molar-refractivity contribution in [3.8, 4) is 0 Å². The van der Waals surface area contributed by atoms with Gasteiger partial charge in [0.25, 0.3) is 0 Å². The van der Waals surface area contributed by atoms with E-state index in [1.807, 2.05) is 0 Å². The molecule has 0 aromatic rings. The van der Waals surface area contributed by atoms with Crippen LogP contribution < -0.4 is 5.73 Å². The highest BCUT2D eigenvalue weighted by Gasteiger charge is 2.28. The van der Waals surface area contributed by atoms with E-state index in [0.29, 0.717) is 0 Å². The number of hydrogen-bond donors (Lipinski definition) is 1. The van der Waals surface area contributed by atoms with Crippen molar-refractivity contribution in [2.75, 3.05) is 0 Å². The zero-order valence-electron chi connectivity index (χ0n) is 10.7. The Balaban J connectivity index is 2.36. The summed E-state index contributed by atoms with van der Waals surface area (Å²) in [5.41, 5.74) is 5.06. The van der Waals surface area contributed by atoms with Crippen LogP contribution in [0.4, 0.5) is 0 Å². The molecule has 1 saturated carbocycles. The van der Waals surface area contributed by atoms with Crippen molar-refractivity contribution in [2.24, 2.45) is 5.73 Å². The van der Waals surface area contributed by atoms with Crippen molar-refractivity contribution >= 4 is 11.9 Å². The van der Waals surface area contributed by atoms with Crippen molar-refractivity contribution in [1.29, 1.82) is 0 Å². The Labute approximate surface area is 102 Å². The van der Waals surface area contributed by atoms with Gasteiger partial charge >= 0.3 is 11.9 Å². The van der Waals surface area contributed by atoms with Gasteiger partial charge in [0, 0.05) is 6.04 Å². The van der Waals surface area contributed by atoms with Crippen LogP contribution in [0.5, 0.6) is 0 Å². The van der Waals surface area contributed by atoms with E-state index >= 15 is 0 Å². The Kier molecular flexibility index (Phi) is 4.51. The Morgan fingerprint density at radius 1 is 1.06 bits per heavy atom. The van der Waals surface area contributed by atoms with Crippen molar-refractivity contribution in [1.82, 2.24) is 0 Å².